The van der Waals surface area contributed by atoms with Gasteiger partial charge in [0.15, 0.2) is 0 Å². The van der Waals surface area contributed by atoms with Crippen molar-refractivity contribution in [2.24, 2.45) is 0 Å². The minimum Gasteiger partial charge on any atom is -0.364 e. The Morgan fingerprint density at radius 3 is 2.57 bits per heavy atom. The summed E-state index contributed by atoms with van der Waals surface area (Å²) in [7, 11) is 1.91. The highest BCUT2D eigenvalue weighted by molar-refractivity contribution is 6.09. The summed E-state index contributed by atoms with van der Waals surface area (Å²) in [4.78, 5) is 10.3. The van der Waals surface area contributed by atoms with E-state index in [1.807, 2.05) is 14.8 Å². The van der Waals surface area contributed by atoms with E-state index < -0.39 is 0 Å². The molecule has 0 aliphatic heterocycles. The molecule has 0 aromatic carbocycles. The van der Waals surface area contributed by atoms with E-state index >= 15 is 0 Å². The second-order valence-corrected chi connectivity index (χ2v) is 1.31. The van der Waals surface area contributed by atoms with Crippen LogP contribution in [0, 0.1) is 0 Å². The van der Waals surface area contributed by atoms with E-state index in [0.29, 0.717) is 6.42 Å². The van der Waals surface area contributed by atoms with Crippen LogP contribution in [0.2, 0.25) is 0 Å². The van der Waals surface area contributed by atoms with Gasteiger partial charge < -0.3 is 5.32 Å². The van der Waals surface area contributed by atoms with Crippen molar-refractivity contribution >= 4 is 13.8 Å². The van der Waals surface area contributed by atoms with Crippen molar-refractivity contribution < 1.29 is 4.79 Å². The van der Waals surface area contributed by atoms with Gasteiger partial charge in [-0.05, 0) is 6.44 Å². The highest BCUT2D eigenvalue weighted by Crippen LogP contribution is 1.69. The van der Waals surface area contributed by atoms with E-state index in [2.05, 4.69) is 5.32 Å². The number of hydrogen-bond donors (Lipinski definition) is 1. The van der Waals surface area contributed by atoms with Crippen LogP contribution in [0.15, 0.2) is 0 Å². The maximum Gasteiger partial charge on any atom is 0.219 e. The molecule has 0 radical (unpaired) electrons. The largest absolute Gasteiger partial charge is 0.364 e. The lowest BCUT2D eigenvalue weighted by molar-refractivity contribution is -0.120. The molecule has 3 heteroatoms. The fourth-order valence-electron chi connectivity index (χ4n) is 0.322. The van der Waals surface area contributed by atoms with Crippen LogP contribution in [0.25, 0.3) is 0 Å². The molecule has 2 nitrogen and oxygen atoms in total. The molecule has 7 heavy (non-hydrogen) atoms. The molecule has 0 aromatic rings. The van der Waals surface area contributed by atoms with Gasteiger partial charge in [0, 0.05) is 6.42 Å². The van der Waals surface area contributed by atoms with Crippen molar-refractivity contribution in [3.8, 4) is 0 Å². The van der Waals surface area contributed by atoms with E-state index in [0.717, 1.165) is 6.44 Å². The fourth-order valence-corrected chi connectivity index (χ4v) is 0.322. The number of hydrogen-bond acceptors (Lipinski definition) is 1. The third-order valence-corrected chi connectivity index (χ3v) is 0.695. The van der Waals surface area contributed by atoms with Crippen molar-refractivity contribution in [1.82, 2.24) is 5.32 Å². The molecule has 0 unspecified atom stereocenters. The first kappa shape index (κ1) is 6.53. The van der Waals surface area contributed by atoms with Gasteiger partial charge in [-0.2, -0.15) is 0 Å². The topological polar surface area (TPSA) is 29.1 Å². The summed E-state index contributed by atoms with van der Waals surface area (Å²) in [6, 6.07) is 0. The van der Waals surface area contributed by atoms with Crippen LogP contribution in [-0.2, 0) is 4.79 Å². The van der Waals surface area contributed by atoms with Crippen LogP contribution in [-0.4, -0.2) is 20.2 Å². The summed E-state index contributed by atoms with van der Waals surface area (Å²) in [5.74, 6) is 0.127. The number of carbonyl (C=O) groups is 1. The minimum absolute atomic E-state index is 0.127. The highest BCUT2D eigenvalue weighted by atomic mass is 16.1. The smallest absolute Gasteiger partial charge is 0.219 e. The molecule has 0 spiro atoms. The van der Waals surface area contributed by atoms with E-state index in [4.69, 9.17) is 0 Å². The van der Waals surface area contributed by atoms with Crippen molar-refractivity contribution in [1.29, 1.82) is 0 Å². The maximum atomic E-state index is 10.3. The summed E-state index contributed by atoms with van der Waals surface area (Å²) >= 11 is 0. The van der Waals surface area contributed by atoms with Gasteiger partial charge in [-0.3, -0.25) is 4.79 Å². The molecule has 1 N–H and O–H groups in total. The Hall–Kier alpha value is -0.465. The number of carbonyl (C=O) groups excluding carboxylic acids is 1. The SMILES string of the molecule is BCNC(=O)CC. The standard InChI is InChI=1S/C4H10BNO/c1-2-4(7)6-3-5/h2-3,5H2,1H3,(H,6,7). The Morgan fingerprint density at radius 2 is 2.43 bits per heavy atom. The molecule has 0 bridgehead atoms. The summed E-state index contributed by atoms with van der Waals surface area (Å²) < 4.78 is 0. The van der Waals surface area contributed by atoms with Gasteiger partial charge in [0.2, 0.25) is 5.91 Å². The van der Waals surface area contributed by atoms with Gasteiger partial charge >= 0.3 is 0 Å². The first-order valence-electron chi connectivity index (χ1n) is 2.58. The molecule has 0 rings (SSSR count). The Morgan fingerprint density at radius 1 is 1.86 bits per heavy atom. The number of amides is 1. The zero-order chi connectivity index (χ0) is 5.70. The molecule has 0 saturated heterocycles. The lowest BCUT2D eigenvalue weighted by Gasteiger charge is -1.93. The van der Waals surface area contributed by atoms with Gasteiger partial charge in [-0.15, -0.1) is 0 Å². The van der Waals surface area contributed by atoms with Gasteiger partial charge in [0.05, 0.1) is 0 Å². The van der Waals surface area contributed by atoms with Crippen LogP contribution in [0.1, 0.15) is 13.3 Å². The quantitative estimate of drug-likeness (QED) is 0.446. The van der Waals surface area contributed by atoms with E-state index in [1.165, 1.54) is 0 Å². The number of nitrogens with one attached hydrogen (secondary N) is 1. The summed E-state index contributed by atoms with van der Waals surface area (Å²) in [5.41, 5.74) is 0. The molecule has 0 saturated carbocycles. The molecule has 0 aromatic heterocycles. The van der Waals surface area contributed by atoms with Crippen molar-refractivity contribution in [3.05, 3.63) is 0 Å². The van der Waals surface area contributed by atoms with Gasteiger partial charge in [-0.1, -0.05) is 6.92 Å². The molecule has 0 heterocycles. The average Bonchev–Trinajstić information content (AvgIpc) is 1.68. The van der Waals surface area contributed by atoms with Crippen molar-refractivity contribution in [2.75, 3.05) is 6.44 Å². The molecular weight excluding hydrogens is 88.9 g/mol. The lowest BCUT2D eigenvalue weighted by Crippen LogP contribution is -2.22. The van der Waals surface area contributed by atoms with Gasteiger partial charge in [0.1, 0.15) is 7.85 Å². The predicted octanol–water partition coefficient (Wildman–Crippen LogP) is -0.897. The molecule has 0 aliphatic rings. The highest BCUT2D eigenvalue weighted by Gasteiger charge is 1.88. The average molecular weight is 98.9 g/mol. The first-order chi connectivity index (χ1) is 3.31. The van der Waals surface area contributed by atoms with Crippen LogP contribution in [0.3, 0.4) is 0 Å². The fraction of sp³-hybridized carbons (Fsp3) is 0.750. The minimum atomic E-state index is 0.127. The molecule has 1 amide bonds. The predicted molar refractivity (Wildman–Crippen MR) is 31.8 cm³/mol. The van der Waals surface area contributed by atoms with Gasteiger partial charge in [-0.25, -0.2) is 0 Å². The Labute approximate surface area is 44.7 Å². The van der Waals surface area contributed by atoms with Gasteiger partial charge in [0.25, 0.3) is 0 Å². The third-order valence-electron chi connectivity index (χ3n) is 0.695. The van der Waals surface area contributed by atoms with Crippen LogP contribution in [0.4, 0.5) is 0 Å². The van der Waals surface area contributed by atoms with E-state index in [1.54, 1.807) is 0 Å². The molecule has 0 fully saturated rings. The first-order valence-corrected chi connectivity index (χ1v) is 2.58. The lowest BCUT2D eigenvalue weighted by atomic mass is 10.2. The zero-order valence-electron chi connectivity index (χ0n) is 4.82. The Kier molecular flexibility index (Phi) is 3.47. The zero-order valence-corrected chi connectivity index (χ0v) is 4.82. The second-order valence-electron chi connectivity index (χ2n) is 1.31. The maximum absolute atomic E-state index is 10.3. The van der Waals surface area contributed by atoms with Crippen LogP contribution < -0.4 is 5.32 Å². The normalized spacial score (nSPS) is 8.14. The summed E-state index contributed by atoms with van der Waals surface area (Å²) in [6.07, 6.45) is 1.33. The van der Waals surface area contributed by atoms with Crippen LogP contribution >= 0.6 is 0 Å². The summed E-state index contributed by atoms with van der Waals surface area (Å²) in [6.45, 7) is 1.84. The molecule has 0 atom stereocenters. The molecule has 40 valence electrons. The Balaban J connectivity index is 3.00. The second kappa shape index (κ2) is 3.72. The Bertz CT molecular complexity index is 64.7. The van der Waals surface area contributed by atoms with Crippen molar-refractivity contribution in [3.63, 3.8) is 0 Å². The molecular formula is C4H10BNO. The molecule has 0 aliphatic carbocycles. The van der Waals surface area contributed by atoms with Crippen molar-refractivity contribution in [2.45, 2.75) is 13.3 Å². The van der Waals surface area contributed by atoms with E-state index in [9.17, 15) is 4.79 Å². The van der Waals surface area contributed by atoms with Crippen LogP contribution in [0.5, 0.6) is 0 Å². The number of rotatable bonds is 2. The van der Waals surface area contributed by atoms with E-state index in [-0.39, 0.29) is 5.91 Å². The monoisotopic (exact) mass is 99.1 g/mol. The summed E-state index contributed by atoms with van der Waals surface area (Å²) in [5, 5.41) is 2.66. The third kappa shape index (κ3) is 3.36.